The lowest BCUT2D eigenvalue weighted by Gasteiger charge is -2.15. The number of anilines is 1. The lowest BCUT2D eigenvalue weighted by Crippen LogP contribution is -2.10. The monoisotopic (exact) mass is 327 g/mol. The molecule has 0 spiro atoms. The summed E-state index contributed by atoms with van der Waals surface area (Å²) in [6, 6.07) is 17.1. The van der Waals surface area contributed by atoms with Crippen molar-refractivity contribution in [1.29, 1.82) is 0 Å². The van der Waals surface area contributed by atoms with E-state index in [4.69, 9.17) is 0 Å². The Labute approximate surface area is 149 Å². The summed E-state index contributed by atoms with van der Waals surface area (Å²) in [7, 11) is 0. The maximum Gasteiger partial charge on any atom is 0.300 e. The second-order valence-electron chi connectivity index (χ2n) is 6.22. The third kappa shape index (κ3) is 5.27. The molecule has 2 aromatic carbocycles. The van der Waals surface area contributed by atoms with E-state index in [0.717, 1.165) is 16.8 Å². The number of rotatable bonds is 1. The molecule has 1 saturated carbocycles. The van der Waals surface area contributed by atoms with Crippen molar-refractivity contribution in [3.8, 4) is 23.7 Å². The zero-order valence-corrected chi connectivity index (χ0v) is 14.2. The third-order valence-electron chi connectivity index (χ3n) is 4.29. The van der Waals surface area contributed by atoms with Gasteiger partial charge in [-0.25, -0.2) is 0 Å². The summed E-state index contributed by atoms with van der Waals surface area (Å²) in [5.41, 5.74) is 2.39. The molecular weight excluding hydrogens is 306 g/mol. The SMILES string of the molecule is O=C(C#Cc1ccccc1)Nc1ccccc1C#CC1CCCCC1. The second-order valence-corrected chi connectivity index (χ2v) is 6.22. The summed E-state index contributed by atoms with van der Waals surface area (Å²) in [5.74, 6) is 12.3. The van der Waals surface area contributed by atoms with Crippen LogP contribution in [0.2, 0.25) is 0 Å². The molecule has 0 unspecified atom stereocenters. The van der Waals surface area contributed by atoms with Crippen molar-refractivity contribution < 1.29 is 4.79 Å². The minimum absolute atomic E-state index is 0.323. The van der Waals surface area contributed by atoms with E-state index in [2.05, 4.69) is 29.0 Å². The fourth-order valence-corrected chi connectivity index (χ4v) is 2.93. The Bertz CT molecular complexity index is 840. The Balaban J connectivity index is 1.69. The topological polar surface area (TPSA) is 29.1 Å². The molecule has 0 saturated heterocycles. The van der Waals surface area contributed by atoms with Crippen LogP contribution in [-0.4, -0.2) is 5.91 Å². The lowest BCUT2D eigenvalue weighted by atomic mass is 9.89. The highest BCUT2D eigenvalue weighted by Gasteiger charge is 2.10. The molecule has 25 heavy (non-hydrogen) atoms. The van der Waals surface area contributed by atoms with Crippen LogP contribution in [0.25, 0.3) is 0 Å². The summed E-state index contributed by atoms with van der Waals surface area (Å²) in [6.07, 6.45) is 6.23. The van der Waals surface area contributed by atoms with Crippen molar-refractivity contribution >= 4 is 11.6 Å². The van der Waals surface area contributed by atoms with Crippen LogP contribution < -0.4 is 5.32 Å². The highest BCUT2D eigenvalue weighted by atomic mass is 16.1. The van der Waals surface area contributed by atoms with E-state index < -0.39 is 0 Å². The van der Waals surface area contributed by atoms with Gasteiger partial charge in [-0.3, -0.25) is 4.79 Å². The Morgan fingerprint density at radius 2 is 1.60 bits per heavy atom. The van der Waals surface area contributed by atoms with Crippen molar-refractivity contribution in [3.63, 3.8) is 0 Å². The quantitative estimate of drug-likeness (QED) is 0.762. The number of hydrogen-bond acceptors (Lipinski definition) is 1. The molecular formula is C23H21NO. The Kier molecular flexibility index (Phi) is 5.91. The minimum Gasteiger partial charge on any atom is -0.314 e. The minimum atomic E-state index is -0.323. The van der Waals surface area contributed by atoms with Crippen LogP contribution in [-0.2, 0) is 4.79 Å². The lowest BCUT2D eigenvalue weighted by molar-refractivity contribution is -0.111. The predicted octanol–water partition coefficient (Wildman–Crippen LogP) is 4.61. The van der Waals surface area contributed by atoms with Crippen LogP contribution in [0.1, 0.15) is 43.2 Å². The van der Waals surface area contributed by atoms with E-state index in [1.54, 1.807) is 0 Å². The van der Waals surface area contributed by atoms with Gasteiger partial charge in [0.2, 0.25) is 0 Å². The van der Waals surface area contributed by atoms with Crippen molar-refractivity contribution in [1.82, 2.24) is 0 Å². The molecule has 2 heteroatoms. The molecule has 2 aromatic rings. The second kappa shape index (κ2) is 8.76. The van der Waals surface area contributed by atoms with Crippen LogP contribution in [0.5, 0.6) is 0 Å². The van der Waals surface area contributed by atoms with Crippen LogP contribution >= 0.6 is 0 Å². The fraction of sp³-hybridized carbons (Fsp3) is 0.261. The summed E-state index contributed by atoms with van der Waals surface area (Å²) in [4.78, 5) is 12.1. The van der Waals surface area contributed by atoms with Gasteiger partial charge in [0.25, 0.3) is 0 Å². The zero-order valence-electron chi connectivity index (χ0n) is 14.2. The van der Waals surface area contributed by atoms with Gasteiger partial charge < -0.3 is 5.32 Å². The van der Waals surface area contributed by atoms with Gasteiger partial charge in [0.05, 0.1) is 5.69 Å². The molecule has 0 atom stereocenters. The number of amides is 1. The molecule has 1 aliphatic rings. The summed E-state index contributed by atoms with van der Waals surface area (Å²) in [6.45, 7) is 0. The Morgan fingerprint density at radius 3 is 2.40 bits per heavy atom. The Morgan fingerprint density at radius 1 is 0.880 bits per heavy atom. The molecule has 0 heterocycles. The van der Waals surface area contributed by atoms with Crippen molar-refractivity contribution in [2.24, 2.45) is 5.92 Å². The van der Waals surface area contributed by atoms with Gasteiger partial charge in [-0.05, 0) is 37.1 Å². The fourth-order valence-electron chi connectivity index (χ4n) is 2.93. The molecule has 1 amide bonds. The zero-order chi connectivity index (χ0) is 17.3. The van der Waals surface area contributed by atoms with Crippen LogP contribution in [0.4, 0.5) is 5.69 Å². The third-order valence-corrected chi connectivity index (χ3v) is 4.29. The van der Waals surface area contributed by atoms with E-state index in [1.165, 1.54) is 32.1 Å². The van der Waals surface area contributed by atoms with Gasteiger partial charge in [0.15, 0.2) is 0 Å². The summed E-state index contributed by atoms with van der Waals surface area (Å²) < 4.78 is 0. The Hall–Kier alpha value is -2.97. The molecule has 3 rings (SSSR count). The first kappa shape index (κ1) is 16.9. The van der Waals surface area contributed by atoms with E-state index >= 15 is 0 Å². The largest absolute Gasteiger partial charge is 0.314 e. The molecule has 1 N–H and O–H groups in total. The van der Waals surface area contributed by atoms with Crippen molar-refractivity contribution in [3.05, 3.63) is 65.7 Å². The first-order valence-corrected chi connectivity index (χ1v) is 8.80. The number of carbonyl (C=O) groups is 1. The first-order valence-electron chi connectivity index (χ1n) is 8.80. The average molecular weight is 327 g/mol. The van der Waals surface area contributed by atoms with Gasteiger partial charge in [0, 0.05) is 23.0 Å². The number of nitrogens with one attached hydrogen (secondary N) is 1. The highest BCUT2D eigenvalue weighted by Crippen LogP contribution is 2.23. The molecule has 2 nitrogen and oxygen atoms in total. The molecule has 0 bridgehead atoms. The van der Waals surface area contributed by atoms with E-state index in [9.17, 15) is 4.79 Å². The standard InChI is InChI=1S/C23H21NO/c25-23(18-16-20-11-5-2-6-12-20)24-22-14-8-7-13-21(22)17-15-19-9-3-1-4-10-19/h2,5-8,11-14,19H,1,3-4,9-10H2,(H,24,25). The number of carbonyl (C=O) groups excluding carboxylic acids is 1. The smallest absolute Gasteiger partial charge is 0.300 e. The molecule has 1 aliphatic carbocycles. The molecule has 124 valence electrons. The number of hydrogen-bond donors (Lipinski definition) is 1. The van der Waals surface area contributed by atoms with E-state index in [1.807, 2.05) is 54.6 Å². The maximum absolute atomic E-state index is 12.1. The predicted molar refractivity (Wildman–Crippen MR) is 102 cm³/mol. The van der Waals surface area contributed by atoms with Crippen molar-refractivity contribution in [2.75, 3.05) is 5.32 Å². The average Bonchev–Trinajstić information content (AvgIpc) is 2.67. The van der Waals surface area contributed by atoms with Gasteiger partial charge in [0.1, 0.15) is 0 Å². The molecule has 0 aromatic heterocycles. The van der Waals surface area contributed by atoms with Gasteiger partial charge in [-0.1, -0.05) is 67.4 Å². The van der Waals surface area contributed by atoms with Gasteiger partial charge in [-0.15, -0.1) is 0 Å². The normalized spacial score (nSPS) is 13.8. The molecule has 0 aliphatic heterocycles. The molecule has 0 radical (unpaired) electrons. The van der Waals surface area contributed by atoms with Gasteiger partial charge >= 0.3 is 5.91 Å². The van der Waals surface area contributed by atoms with Crippen molar-refractivity contribution in [2.45, 2.75) is 32.1 Å². The van der Waals surface area contributed by atoms with Crippen LogP contribution in [0.3, 0.4) is 0 Å². The number of benzene rings is 2. The maximum atomic E-state index is 12.1. The van der Waals surface area contributed by atoms with E-state index in [-0.39, 0.29) is 5.91 Å². The molecule has 1 fully saturated rings. The number of para-hydroxylation sites is 1. The van der Waals surface area contributed by atoms with Gasteiger partial charge in [-0.2, -0.15) is 0 Å². The highest BCUT2D eigenvalue weighted by molar-refractivity contribution is 6.05. The van der Waals surface area contributed by atoms with E-state index in [0.29, 0.717) is 5.92 Å². The summed E-state index contributed by atoms with van der Waals surface area (Å²) >= 11 is 0. The first-order chi connectivity index (χ1) is 12.3. The van der Waals surface area contributed by atoms with Crippen LogP contribution in [0, 0.1) is 29.6 Å². The van der Waals surface area contributed by atoms with Crippen LogP contribution in [0.15, 0.2) is 54.6 Å². The summed E-state index contributed by atoms with van der Waals surface area (Å²) in [5, 5.41) is 2.85.